The molecule has 0 aliphatic carbocycles. The molecular weight excluding hydrogens is 332 g/mol. The molecule has 0 atom stereocenters. The van der Waals surface area contributed by atoms with Crippen LogP contribution in [0.1, 0.15) is 19.4 Å². The molecule has 0 amide bonds. The predicted molar refractivity (Wildman–Crippen MR) is 103 cm³/mol. The number of hydrogen-bond donors (Lipinski definition) is 1. The van der Waals surface area contributed by atoms with Crippen molar-refractivity contribution in [1.29, 1.82) is 0 Å². The first kappa shape index (κ1) is 17.1. The number of H-pyrrole nitrogens is 1. The number of nitrogens with one attached hydrogen (secondary N) is 1. The van der Waals surface area contributed by atoms with Crippen molar-refractivity contribution in [3.8, 4) is 17.1 Å². The van der Waals surface area contributed by atoms with E-state index in [0.717, 1.165) is 16.9 Å². The minimum absolute atomic E-state index is 0.440. The first-order valence-electron chi connectivity index (χ1n) is 8.14. The molecule has 1 heterocycles. The lowest BCUT2D eigenvalue weighted by Crippen LogP contribution is -2.06. The van der Waals surface area contributed by atoms with Gasteiger partial charge in [0.25, 0.3) is 0 Å². The minimum atomic E-state index is 0.440. The largest absolute Gasteiger partial charge is 0.493 e. The molecule has 0 aliphatic rings. The molecule has 128 valence electrons. The number of para-hydroxylation sites is 1. The third-order valence-corrected chi connectivity index (χ3v) is 3.75. The van der Waals surface area contributed by atoms with Crippen molar-refractivity contribution in [3.63, 3.8) is 0 Å². The van der Waals surface area contributed by atoms with Crippen LogP contribution in [-0.4, -0.2) is 27.7 Å². The molecule has 0 spiro atoms. The van der Waals surface area contributed by atoms with Crippen LogP contribution in [0.2, 0.25) is 0 Å². The minimum Gasteiger partial charge on any atom is -0.493 e. The van der Waals surface area contributed by atoms with Crippen molar-refractivity contribution < 1.29 is 4.74 Å². The summed E-state index contributed by atoms with van der Waals surface area (Å²) in [6.07, 6.45) is 1.74. The van der Waals surface area contributed by atoms with Gasteiger partial charge in [0.2, 0.25) is 4.77 Å². The van der Waals surface area contributed by atoms with Crippen LogP contribution in [0.5, 0.6) is 5.75 Å². The SMILES string of the molecule is CC(C)COc1ccccc1/C=N\n1c(-c2ccccc2)n[nH]c1=S. The summed E-state index contributed by atoms with van der Waals surface area (Å²) < 4.78 is 7.92. The zero-order chi connectivity index (χ0) is 17.6. The van der Waals surface area contributed by atoms with Gasteiger partial charge >= 0.3 is 0 Å². The van der Waals surface area contributed by atoms with Crippen molar-refractivity contribution in [1.82, 2.24) is 14.9 Å². The summed E-state index contributed by atoms with van der Waals surface area (Å²) in [5.74, 6) is 1.93. The highest BCUT2D eigenvalue weighted by atomic mass is 32.1. The third-order valence-electron chi connectivity index (χ3n) is 3.49. The van der Waals surface area contributed by atoms with Gasteiger partial charge in [0.05, 0.1) is 12.8 Å². The van der Waals surface area contributed by atoms with Crippen molar-refractivity contribution in [2.75, 3.05) is 6.61 Å². The Balaban J connectivity index is 1.91. The number of nitrogens with zero attached hydrogens (tertiary/aromatic N) is 3. The number of aromatic amines is 1. The van der Waals surface area contributed by atoms with Crippen molar-refractivity contribution in [2.45, 2.75) is 13.8 Å². The summed E-state index contributed by atoms with van der Waals surface area (Å²) in [4.78, 5) is 0. The van der Waals surface area contributed by atoms with E-state index in [9.17, 15) is 0 Å². The van der Waals surface area contributed by atoms with E-state index in [2.05, 4.69) is 29.1 Å². The third kappa shape index (κ3) is 4.22. The van der Waals surface area contributed by atoms with Crippen LogP contribution in [0, 0.1) is 10.7 Å². The quantitative estimate of drug-likeness (QED) is 0.524. The number of rotatable bonds is 6. The van der Waals surface area contributed by atoms with Crippen LogP contribution in [0.4, 0.5) is 0 Å². The Morgan fingerprint density at radius 3 is 2.64 bits per heavy atom. The van der Waals surface area contributed by atoms with Crippen LogP contribution in [0.3, 0.4) is 0 Å². The molecule has 5 nitrogen and oxygen atoms in total. The van der Waals surface area contributed by atoms with E-state index in [4.69, 9.17) is 17.0 Å². The van der Waals surface area contributed by atoms with E-state index in [1.54, 1.807) is 10.9 Å². The molecule has 2 aromatic carbocycles. The highest BCUT2D eigenvalue weighted by Gasteiger charge is 2.08. The van der Waals surface area contributed by atoms with Gasteiger partial charge in [-0.3, -0.25) is 0 Å². The number of hydrogen-bond acceptors (Lipinski definition) is 4. The molecule has 1 aromatic heterocycles. The summed E-state index contributed by atoms with van der Waals surface area (Å²) in [5, 5.41) is 11.6. The zero-order valence-electron chi connectivity index (χ0n) is 14.2. The van der Waals surface area contributed by atoms with Gasteiger partial charge < -0.3 is 4.74 Å². The smallest absolute Gasteiger partial charge is 0.216 e. The van der Waals surface area contributed by atoms with Crippen LogP contribution in [0.15, 0.2) is 59.7 Å². The Labute approximate surface area is 152 Å². The highest BCUT2D eigenvalue weighted by molar-refractivity contribution is 7.71. The fourth-order valence-corrected chi connectivity index (χ4v) is 2.45. The summed E-state index contributed by atoms with van der Waals surface area (Å²) in [6, 6.07) is 17.6. The van der Waals surface area contributed by atoms with Crippen LogP contribution >= 0.6 is 12.2 Å². The Kier molecular flexibility index (Phi) is 5.40. The molecule has 25 heavy (non-hydrogen) atoms. The average Bonchev–Trinajstić information content (AvgIpc) is 3.00. The second kappa shape index (κ2) is 7.90. The van der Waals surface area contributed by atoms with Gasteiger partial charge in [-0.2, -0.15) is 14.9 Å². The van der Waals surface area contributed by atoms with Gasteiger partial charge in [-0.15, -0.1) is 0 Å². The second-order valence-corrected chi connectivity index (χ2v) is 6.40. The summed E-state index contributed by atoms with van der Waals surface area (Å²) in [5.41, 5.74) is 1.83. The summed E-state index contributed by atoms with van der Waals surface area (Å²) in [6.45, 7) is 4.90. The predicted octanol–water partition coefficient (Wildman–Crippen LogP) is 4.52. The van der Waals surface area contributed by atoms with Gasteiger partial charge in [0.15, 0.2) is 5.82 Å². The second-order valence-electron chi connectivity index (χ2n) is 6.02. The monoisotopic (exact) mass is 352 g/mol. The van der Waals surface area contributed by atoms with Crippen LogP contribution in [-0.2, 0) is 0 Å². The first-order chi connectivity index (χ1) is 12.1. The molecular formula is C19H20N4OS. The standard InChI is InChI=1S/C19H20N4OS/c1-14(2)13-24-17-11-7-6-10-16(17)12-20-23-18(21-22-19(23)25)15-8-4-3-5-9-15/h3-12,14H,13H2,1-2H3,(H,22,25)/b20-12-. The van der Waals surface area contributed by atoms with Crippen molar-refractivity contribution in [2.24, 2.45) is 11.0 Å². The van der Waals surface area contributed by atoms with E-state index in [1.807, 2.05) is 54.6 Å². The van der Waals surface area contributed by atoms with Crippen LogP contribution in [0.25, 0.3) is 11.4 Å². The molecule has 1 N–H and O–H groups in total. The van der Waals surface area contributed by atoms with Crippen molar-refractivity contribution in [3.05, 3.63) is 64.9 Å². The van der Waals surface area contributed by atoms with Gasteiger partial charge in [0.1, 0.15) is 5.75 Å². The van der Waals surface area contributed by atoms with Gasteiger partial charge in [-0.05, 0) is 30.3 Å². The molecule has 0 fully saturated rings. The van der Waals surface area contributed by atoms with E-state index >= 15 is 0 Å². The summed E-state index contributed by atoms with van der Waals surface area (Å²) in [7, 11) is 0. The first-order valence-corrected chi connectivity index (χ1v) is 8.55. The maximum atomic E-state index is 5.86. The fourth-order valence-electron chi connectivity index (χ4n) is 2.27. The fraction of sp³-hybridized carbons (Fsp3) is 0.211. The normalized spacial score (nSPS) is 11.3. The molecule has 3 aromatic rings. The Morgan fingerprint density at radius 1 is 1.16 bits per heavy atom. The maximum absolute atomic E-state index is 5.86. The topological polar surface area (TPSA) is 55.2 Å². The van der Waals surface area contributed by atoms with Gasteiger partial charge in [-0.1, -0.05) is 56.3 Å². The average molecular weight is 352 g/mol. The van der Waals surface area contributed by atoms with E-state index in [-0.39, 0.29) is 0 Å². The molecule has 0 radical (unpaired) electrons. The zero-order valence-corrected chi connectivity index (χ0v) is 15.0. The number of aromatic nitrogens is 3. The van der Waals surface area contributed by atoms with Gasteiger partial charge in [0, 0.05) is 11.1 Å². The van der Waals surface area contributed by atoms with E-state index in [0.29, 0.717) is 23.1 Å². The van der Waals surface area contributed by atoms with Gasteiger partial charge in [-0.25, -0.2) is 5.10 Å². The lowest BCUT2D eigenvalue weighted by molar-refractivity contribution is 0.270. The summed E-state index contributed by atoms with van der Waals surface area (Å²) >= 11 is 5.31. The lowest BCUT2D eigenvalue weighted by atomic mass is 10.2. The lowest BCUT2D eigenvalue weighted by Gasteiger charge is -2.10. The highest BCUT2D eigenvalue weighted by Crippen LogP contribution is 2.19. The molecule has 0 unspecified atom stereocenters. The Bertz CT molecular complexity index is 912. The number of benzene rings is 2. The maximum Gasteiger partial charge on any atom is 0.216 e. The molecule has 0 aliphatic heterocycles. The van der Waals surface area contributed by atoms with Crippen molar-refractivity contribution >= 4 is 18.4 Å². The molecule has 0 bridgehead atoms. The van der Waals surface area contributed by atoms with E-state index < -0.39 is 0 Å². The Hall–Kier alpha value is -2.73. The molecule has 0 saturated carbocycles. The van der Waals surface area contributed by atoms with E-state index in [1.165, 1.54) is 0 Å². The molecule has 6 heteroatoms. The molecule has 3 rings (SSSR count). The van der Waals surface area contributed by atoms with Crippen LogP contribution < -0.4 is 4.74 Å². The number of ether oxygens (including phenoxy) is 1. The Morgan fingerprint density at radius 2 is 1.88 bits per heavy atom. The molecule has 0 saturated heterocycles.